The summed E-state index contributed by atoms with van der Waals surface area (Å²) in [7, 11) is 0. The van der Waals surface area contributed by atoms with Gasteiger partial charge in [-0.25, -0.2) is 4.79 Å². The Balaban J connectivity index is 1.75. The van der Waals surface area contributed by atoms with E-state index in [1.807, 2.05) is 0 Å². The Morgan fingerprint density at radius 1 is 0.950 bits per heavy atom. The van der Waals surface area contributed by atoms with Crippen LogP contribution in [0, 0.1) is 0 Å². The summed E-state index contributed by atoms with van der Waals surface area (Å²) < 4.78 is 5.34. The van der Waals surface area contributed by atoms with E-state index in [2.05, 4.69) is 10.6 Å². The second kappa shape index (κ2) is 7.03. The second-order valence-electron chi connectivity index (χ2n) is 3.88. The van der Waals surface area contributed by atoms with Gasteiger partial charge in [0.15, 0.2) is 6.73 Å². The average Bonchev–Trinajstić information content (AvgIpc) is 2.44. The molecule has 2 aromatic rings. The zero-order chi connectivity index (χ0) is 14.4. The van der Waals surface area contributed by atoms with E-state index in [9.17, 15) is 4.79 Å². The lowest BCUT2D eigenvalue weighted by Gasteiger charge is -2.09. The largest absolute Gasteiger partial charge is 0.473 e. The molecule has 2 aromatic carbocycles. The molecule has 0 aliphatic carbocycles. The number of amides is 2. The summed E-state index contributed by atoms with van der Waals surface area (Å²) in [5, 5.41) is 6.47. The lowest BCUT2D eigenvalue weighted by atomic mass is 10.3. The van der Waals surface area contributed by atoms with Gasteiger partial charge in [0.05, 0.1) is 0 Å². The molecular formula is C14H12Cl2N2O2. The predicted octanol–water partition coefficient (Wildman–Crippen LogP) is 4.15. The van der Waals surface area contributed by atoms with Gasteiger partial charge in [0.2, 0.25) is 0 Å². The molecular weight excluding hydrogens is 299 g/mol. The molecule has 2 N–H and O–H groups in total. The van der Waals surface area contributed by atoms with E-state index in [1.54, 1.807) is 48.5 Å². The van der Waals surface area contributed by atoms with Crippen LogP contribution in [0.15, 0.2) is 48.5 Å². The van der Waals surface area contributed by atoms with E-state index in [1.165, 1.54) is 0 Å². The number of hydrogen-bond donors (Lipinski definition) is 2. The highest BCUT2D eigenvalue weighted by molar-refractivity contribution is 6.30. The third-order valence-corrected chi connectivity index (χ3v) is 2.89. The molecule has 104 valence electrons. The van der Waals surface area contributed by atoms with Gasteiger partial charge in [0.1, 0.15) is 5.75 Å². The van der Waals surface area contributed by atoms with E-state index in [-0.39, 0.29) is 12.8 Å². The molecule has 2 rings (SSSR count). The van der Waals surface area contributed by atoms with E-state index in [0.29, 0.717) is 21.5 Å². The minimum absolute atomic E-state index is 0.0566. The first-order valence-corrected chi connectivity index (χ1v) is 6.58. The molecule has 0 aliphatic heterocycles. The van der Waals surface area contributed by atoms with Crippen LogP contribution in [0.5, 0.6) is 5.75 Å². The zero-order valence-electron chi connectivity index (χ0n) is 10.4. The Labute approximate surface area is 126 Å². The summed E-state index contributed by atoms with van der Waals surface area (Å²) in [4.78, 5) is 11.6. The molecule has 0 spiro atoms. The van der Waals surface area contributed by atoms with Gasteiger partial charge in [-0.15, -0.1) is 0 Å². The van der Waals surface area contributed by atoms with E-state index in [4.69, 9.17) is 27.9 Å². The van der Waals surface area contributed by atoms with Crippen molar-refractivity contribution in [3.8, 4) is 5.75 Å². The first kappa shape index (κ1) is 14.5. The van der Waals surface area contributed by atoms with Gasteiger partial charge in [-0.2, -0.15) is 0 Å². The number of nitrogens with one attached hydrogen (secondary N) is 2. The third kappa shape index (κ3) is 4.64. The van der Waals surface area contributed by atoms with Gasteiger partial charge >= 0.3 is 6.03 Å². The van der Waals surface area contributed by atoms with Crippen molar-refractivity contribution >= 4 is 34.9 Å². The maximum Gasteiger partial charge on any atom is 0.321 e. The maximum atomic E-state index is 11.6. The van der Waals surface area contributed by atoms with Gasteiger partial charge in [-0.05, 0) is 48.5 Å². The molecule has 0 radical (unpaired) electrons. The number of rotatable bonds is 4. The van der Waals surface area contributed by atoms with Gasteiger partial charge in [-0.3, -0.25) is 0 Å². The van der Waals surface area contributed by atoms with Crippen molar-refractivity contribution in [1.82, 2.24) is 5.32 Å². The summed E-state index contributed by atoms with van der Waals surface area (Å²) in [6.45, 7) is 0.0566. The number of hydrogen-bond acceptors (Lipinski definition) is 2. The Kier molecular flexibility index (Phi) is 5.09. The number of benzene rings is 2. The van der Waals surface area contributed by atoms with Crippen molar-refractivity contribution in [2.24, 2.45) is 0 Å². The molecule has 0 heterocycles. The molecule has 2 amide bonds. The summed E-state index contributed by atoms with van der Waals surface area (Å²) in [6.07, 6.45) is 0. The molecule has 0 unspecified atom stereocenters. The maximum absolute atomic E-state index is 11.6. The summed E-state index contributed by atoms with van der Waals surface area (Å²) in [6, 6.07) is 13.3. The highest BCUT2D eigenvalue weighted by Crippen LogP contribution is 2.15. The summed E-state index contributed by atoms with van der Waals surface area (Å²) in [5.74, 6) is 0.626. The molecule has 0 saturated carbocycles. The van der Waals surface area contributed by atoms with E-state index in [0.717, 1.165) is 0 Å². The normalized spacial score (nSPS) is 9.90. The van der Waals surface area contributed by atoms with Crippen molar-refractivity contribution in [2.75, 3.05) is 12.0 Å². The van der Waals surface area contributed by atoms with Gasteiger partial charge in [0.25, 0.3) is 0 Å². The molecule has 4 nitrogen and oxygen atoms in total. The predicted molar refractivity (Wildman–Crippen MR) is 80.6 cm³/mol. The molecule has 0 aromatic heterocycles. The number of ether oxygens (including phenoxy) is 1. The SMILES string of the molecule is O=C(NCOc1ccc(Cl)cc1)Nc1ccc(Cl)cc1. The quantitative estimate of drug-likeness (QED) is 0.833. The number of halogens is 2. The fourth-order valence-corrected chi connectivity index (χ4v) is 1.68. The first-order chi connectivity index (χ1) is 9.63. The molecule has 20 heavy (non-hydrogen) atoms. The molecule has 0 fully saturated rings. The smallest absolute Gasteiger partial charge is 0.321 e. The van der Waals surface area contributed by atoms with Crippen molar-refractivity contribution in [1.29, 1.82) is 0 Å². The molecule has 0 aliphatic rings. The lowest BCUT2D eigenvalue weighted by molar-refractivity contribution is 0.234. The van der Waals surface area contributed by atoms with Crippen LogP contribution in [0.3, 0.4) is 0 Å². The zero-order valence-corrected chi connectivity index (χ0v) is 11.9. The minimum atomic E-state index is -0.360. The van der Waals surface area contributed by atoms with Crippen molar-refractivity contribution < 1.29 is 9.53 Å². The highest BCUT2D eigenvalue weighted by Gasteiger charge is 2.01. The van der Waals surface area contributed by atoms with Crippen LogP contribution >= 0.6 is 23.2 Å². The van der Waals surface area contributed by atoms with Gasteiger partial charge in [0, 0.05) is 15.7 Å². The Morgan fingerprint density at radius 3 is 2.10 bits per heavy atom. The third-order valence-electron chi connectivity index (χ3n) is 2.39. The first-order valence-electron chi connectivity index (χ1n) is 5.82. The second-order valence-corrected chi connectivity index (χ2v) is 4.75. The van der Waals surface area contributed by atoms with Crippen molar-refractivity contribution in [2.45, 2.75) is 0 Å². The number of carbonyl (C=O) groups excluding carboxylic acids is 1. The van der Waals surface area contributed by atoms with Crippen LogP contribution in [0.1, 0.15) is 0 Å². The monoisotopic (exact) mass is 310 g/mol. The van der Waals surface area contributed by atoms with Crippen molar-refractivity contribution in [3.63, 3.8) is 0 Å². The van der Waals surface area contributed by atoms with Crippen LogP contribution in [0.4, 0.5) is 10.5 Å². The van der Waals surface area contributed by atoms with Gasteiger partial charge in [-0.1, -0.05) is 23.2 Å². The molecule has 0 bridgehead atoms. The Hall–Kier alpha value is -1.91. The summed E-state index contributed by atoms with van der Waals surface area (Å²) >= 11 is 11.5. The summed E-state index contributed by atoms with van der Waals surface area (Å²) in [5.41, 5.74) is 0.651. The van der Waals surface area contributed by atoms with E-state index >= 15 is 0 Å². The number of anilines is 1. The van der Waals surface area contributed by atoms with Crippen LogP contribution < -0.4 is 15.4 Å². The van der Waals surface area contributed by atoms with Crippen LogP contribution in [0.25, 0.3) is 0 Å². The lowest BCUT2D eigenvalue weighted by Crippen LogP contribution is -2.31. The molecule has 0 atom stereocenters. The fraction of sp³-hybridized carbons (Fsp3) is 0.0714. The molecule has 0 saturated heterocycles. The Morgan fingerprint density at radius 2 is 1.50 bits per heavy atom. The topological polar surface area (TPSA) is 50.4 Å². The standard InChI is InChI=1S/C14H12Cl2N2O2/c15-10-1-5-12(6-2-10)18-14(19)17-9-20-13-7-3-11(16)4-8-13/h1-8H,9H2,(H2,17,18,19). The van der Waals surface area contributed by atoms with Crippen LogP contribution in [0.2, 0.25) is 10.0 Å². The molecule has 6 heteroatoms. The Bertz CT molecular complexity index is 571. The van der Waals surface area contributed by atoms with Gasteiger partial charge < -0.3 is 15.4 Å². The minimum Gasteiger partial charge on any atom is -0.473 e. The van der Waals surface area contributed by atoms with Crippen LogP contribution in [-0.2, 0) is 0 Å². The van der Waals surface area contributed by atoms with Crippen molar-refractivity contribution in [3.05, 3.63) is 58.6 Å². The fourth-order valence-electron chi connectivity index (χ4n) is 1.42. The average molecular weight is 311 g/mol. The highest BCUT2D eigenvalue weighted by atomic mass is 35.5. The van der Waals surface area contributed by atoms with E-state index < -0.39 is 0 Å². The van der Waals surface area contributed by atoms with Crippen LogP contribution in [-0.4, -0.2) is 12.8 Å². The number of carbonyl (C=O) groups is 1. The number of urea groups is 1.